The Balaban J connectivity index is 2.01. The van der Waals surface area contributed by atoms with E-state index in [0.29, 0.717) is 5.82 Å². The van der Waals surface area contributed by atoms with Crippen molar-refractivity contribution in [2.24, 2.45) is 5.92 Å². The highest BCUT2D eigenvalue weighted by Gasteiger charge is 2.22. The van der Waals surface area contributed by atoms with Gasteiger partial charge in [0.05, 0.1) is 12.3 Å². The molecule has 1 aliphatic rings. The average Bonchev–Trinajstić information content (AvgIpc) is 2.86. The van der Waals surface area contributed by atoms with E-state index in [9.17, 15) is 0 Å². The van der Waals surface area contributed by atoms with E-state index in [1.165, 1.54) is 12.8 Å². The summed E-state index contributed by atoms with van der Waals surface area (Å²) < 4.78 is 5.60. The van der Waals surface area contributed by atoms with Crippen molar-refractivity contribution in [1.29, 1.82) is 0 Å². The van der Waals surface area contributed by atoms with Crippen LogP contribution in [0.15, 0.2) is 12.1 Å². The van der Waals surface area contributed by atoms with Crippen LogP contribution in [-0.4, -0.2) is 11.6 Å². The molecule has 2 rings (SSSR count). The highest BCUT2D eigenvalue weighted by atomic mass is 16.5. The predicted molar refractivity (Wildman–Crippen MR) is 51.6 cm³/mol. The van der Waals surface area contributed by atoms with Gasteiger partial charge >= 0.3 is 0 Å². The molecule has 2 N–H and O–H groups in total. The molecule has 0 saturated heterocycles. The second-order valence-electron chi connectivity index (χ2n) is 3.57. The van der Waals surface area contributed by atoms with Gasteiger partial charge in [0.15, 0.2) is 0 Å². The third-order valence-electron chi connectivity index (χ3n) is 2.23. The lowest BCUT2D eigenvalue weighted by molar-refractivity contribution is 0.296. The Morgan fingerprint density at radius 1 is 1.54 bits per heavy atom. The maximum atomic E-state index is 5.60. The predicted octanol–water partition coefficient (Wildman–Crippen LogP) is 1.76. The number of pyridine rings is 1. The molecule has 1 aromatic rings. The van der Waals surface area contributed by atoms with E-state index in [4.69, 9.17) is 10.5 Å². The number of nitrogens with two attached hydrogens (primary N) is 1. The van der Waals surface area contributed by atoms with Gasteiger partial charge in [0.25, 0.3) is 0 Å². The Kier molecular flexibility index (Phi) is 2.08. The SMILES string of the molecule is Cc1nc(N)ccc1OCC1CC1. The number of rotatable bonds is 3. The van der Waals surface area contributed by atoms with Crippen LogP contribution >= 0.6 is 0 Å². The Bertz CT molecular complexity index is 308. The van der Waals surface area contributed by atoms with Crippen LogP contribution in [0.3, 0.4) is 0 Å². The van der Waals surface area contributed by atoms with Gasteiger partial charge in [-0.25, -0.2) is 4.98 Å². The van der Waals surface area contributed by atoms with E-state index in [1.54, 1.807) is 6.07 Å². The van der Waals surface area contributed by atoms with Gasteiger partial charge < -0.3 is 10.5 Å². The van der Waals surface area contributed by atoms with Crippen LogP contribution in [0.25, 0.3) is 0 Å². The lowest BCUT2D eigenvalue weighted by Gasteiger charge is -2.07. The first-order chi connectivity index (χ1) is 6.25. The summed E-state index contributed by atoms with van der Waals surface area (Å²) in [7, 11) is 0. The molecule has 13 heavy (non-hydrogen) atoms. The van der Waals surface area contributed by atoms with E-state index >= 15 is 0 Å². The maximum absolute atomic E-state index is 5.60. The van der Waals surface area contributed by atoms with Crippen LogP contribution in [0.1, 0.15) is 18.5 Å². The zero-order valence-electron chi connectivity index (χ0n) is 7.79. The van der Waals surface area contributed by atoms with Crippen molar-refractivity contribution < 1.29 is 4.74 Å². The van der Waals surface area contributed by atoms with Crippen molar-refractivity contribution in [1.82, 2.24) is 4.98 Å². The van der Waals surface area contributed by atoms with Crippen molar-refractivity contribution in [3.8, 4) is 5.75 Å². The van der Waals surface area contributed by atoms with Crippen molar-refractivity contribution >= 4 is 5.82 Å². The largest absolute Gasteiger partial charge is 0.491 e. The summed E-state index contributed by atoms with van der Waals surface area (Å²) in [5, 5.41) is 0. The van der Waals surface area contributed by atoms with E-state index in [1.807, 2.05) is 13.0 Å². The molecule has 3 nitrogen and oxygen atoms in total. The number of nitrogens with zero attached hydrogens (tertiary/aromatic N) is 1. The minimum absolute atomic E-state index is 0.552. The molecule has 0 radical (unpaired) electrons. The fourth-order valence-electron chi connectivity index (χ4n) is 1.21. The number of ether oxygens (including phenoxy) is 1. The number of aromatic nitrogens is 1. The second kappa shape index (κ2) is 3.24. The van der Waals surface area contributed by atoms with Crippen LogP contribution in [-0.2, 0) is 0 Å². The summed E-state index contributed by atoms with van der Waals surface area (Å²) in [6.45, 7) is 2.74. The molecule has 0 bridgehead atoms. The third kappa shape index (κ3) is 2.11. The Hall–Kier alpha value is -1.25. The van der Waals surface area contributed by atoms with Crippen molar-refractivity contribution in [2.75, 3.05) is 12.3 Å². The Labute approximate surface area is 77.9 Å². The van der Waals surface area contributed by atoms with E-state index in [2.05, 4.69) is 4.98 Å². The number of hydrogen-bond acceptors (Lipinski definition) is 3. The number of hydrogen-bond donors (Lipinski definition) is 1. The first-order valence-corrected chi connectivity index (χ1v) is 4.61. The third-order valence-corrected chi connectivity index (χ3v) is 2.23. The molecule has 0 aliphatic heterocycles. The van der Waals surface area contributed by atoms with Crippen LogP contribution < -0.4 is 10.5 Å². The van der Waals surface area contributed by atoms with Crippen molar-refractivity contribution in [3.63, 3.8) is 0 Å². The molecule has 1 saturated carbocycles. The van der Waals surface area contributed by atoms with Gasteiger partial charge in [-0.1, -0.05) is 0 Å². The van der Waals surface area contributed by atoms with Gasteiger partial charge in [-0.3, -0.25) is 0 Å². The average molecular weight is 178 g/mol. The standard InChI is InChI=1S/C10H14N2O/c1-7-9(4-5-10(11)12-7)13-6-8-2-3-8/h4-5,8H,2-3,6H2,1H3,(H2,11,12). The zero-order chi connectivity index (χ0) is 9.26. The van der Waals surface area contributed by atoms with Gasteiger partial charge in [0, 0.05) is 0 Å². The van der Waals surface area contributed by atoms with Gasteiger partial charge in [-0.15, -0.1) is 0 Å². The number of anilines is 1. The first-order valence-electron chi connectivity index (χ1n) is 4.61. The lowest BCUT2D eigenvalue weighted by atomic mass is 10.3. The molecule has 1 fully saturated rings. The van der Waals surface area contributed by atoms with Gasteiger partial charge in [-0.2, -0.15) is 0 Å². The molecule has 0 spiro atoms. The van der Waals surface area contributed by atoms with Crippen molar-refractivity contribution in [3.05, 3.63) is 17.8 Å². The highest BCUT2D eigenvalue weighted by molar-refractivity contribution is 5.37. The van der Waals surface area contributed by atoms with Crippen LogP contribution in [0, 0.1) is 12.8 Å². The molecule has 70 valence electrons. The number of nitrogen functional groups attached to an aromatic ring is 1. The summed E-state index contributed by atoms with van der Waals surface area (Å²) in [6, 6.07) is 3.66. The summed E-state index contributed by atoms with van der Waals surface area (Å²) in [4.78, 5) is 4.12. The van der Waals surface area contributed by atoms with E-state index in [-0.39, 0.29) is 0 Å². The summed E-state index contributed by atoms with van der Waals surface area (Å²) in [5.41, 5.74) is 6.40. The summed E-state index contributed by atoms with van der Waals surface area (Å²) in [6.07, 6.45) is 2.61. The second-order valence-corrected chi connectivity index (χ2v) is 3.57. The number of aryl methyl sites for hydroxylation is 1. The fourth-order valence-corrected chi connectivity index (χ4v) is 1.21. The normalized spacial score (nSPS) is 15.8. The summed E-state index contributed by atoms with van der Waals surface area (Å²) in [5.74, 6) is 2.19. The first kappa shape index (κ1) is 8.35. The van der Waals surface area contributed by atoms with Crippen LogP contribution in [0.4, 0.5) is 5.82 Å². The van der Waals surface area contributed by atoms with Crippen LogP contribution in [0.2, 0.25) is 0 Å². The monoisotopic (exact) mass is 178 g/mol. The minimum atomic E-state index is 0.552. The molecule has 0 amide bonds. The molecular weight excluding hydrogens is 164 g/mol. The van der Waals surface area contributed by atoms with Crippen molar-refractivity contribution in [2.45, 2.75) is 19.8 Å². The summed E-state index contributed by atoms with van der Waals surface area (Å²) >= 11 is 0. The van der Waals surface area contributed by atoms with E-state index in [0.717, 1.165) is 24.0 Å². The Morgan fingerprint density at radius 2 is 2.31 bits per heavy atom. The Morgan fingerprint density at radius 3 is 2.92 bits per heavy atom. The van der Waals surface area contributed by atoms with E-state index < -0.39 is 0 Å². The van der Waals surface area contributed by atoms with Gasteiger partial charge in [0.2, 0.25) is 0 Å². The molecule has 3 heteroatoms. The minimum Gasteiger partial charge on any atom is -0.491 e. The maximum Gasteiger partial charge on any atom is 0.140 e. The molecule has 1 heterocycles. The van der Waals surface area contributed by atoms with Gasteiger partial charge in [0.1, 0.15) is 11.6 Å². The van der Waals surface area contributed by atoms with Gasteiger partial charge in [-0.05, 0) is 37.8 Å². The molecule has 1 aliphatic carbocycles. The molecule has 0 atom stereocenters. The fraction of sp³-hybridized carbons (Fsp3) is 0.500. The molecule has 0 aromatic carbocycles. The molecular formula is C10H14N2O. The quantitative estimate of drug-likeness (QED) is 0.767. The zero-order valence-corrected chi connectivity index (χ0v) is 7.79. The topological polar surface area (TPSA) is 48.1 Å². The molecule has 1 aromatic heterocycles. The lowest BCUT2D eigenvalue weighted by Crippen LogP contribution is -2.02. The van der Waals surface area contributed by atoms with Crippen LogP contribution in [0.5, 0.6) is 5.75 Å². The smallest absolute Gasteiger partial charge is 0.140 e. The molecule has 0 unspecified atom stereocenters. The highest BCUT2D eigenvalue weighted by Crippen LogP contribution is 2.30.